The van der Waals surface area contributed by atoms with E-state index in [4.69, 9.17) is 9.47 Å². The van der Waals surface area contributed by atoms with Gasteiger partial charge in [-0.25, -0.2) is 4.39 Å². The Hall–Kier alpha value is -1.13. The highest BCUT2D eigenvalue weighted by Crippen LogP contribution is 2.16. The summed E-state index contributed by atoms with van der Waals surface area (Å²) in [4.78, 5) is 0. The fourth-order valence-electron chi connectivity index (χ4n) is 1.40. The summed E-state index contributed by atoms with van der Waals surface area (Å²) in [6.45, 7) is 1.82. The highest BCUT2D eigenvalue weighted by molar-refractivity contribution is 5.29. The van der Waals surface area contributed by atoms with Gasteiger partial charge in [0, 0.05) is 32.7 Å². The Morgan fingerprint density at radius 3 is 2.75 bits per heavy atom. The van der Waals surface area contributed by atoms with E-state index in [1.807, 2.05) is 13.1 Å². The summed E-state index contributed by atoms with van der Waals surface area (Å²) in [6, 6.07) is 4.73. The summed E-state index contributed by atoms with van der Waals surface area (Å²) in [6.07, 6.45) is 0.800. The fourth-order valence-corrected chi connectivity index (χ4v) is 1.40. The van der Waals surface area contributed by atoms with Crippen molar-refractivity contribution in [3.05, 3.63) is 29.6 Å². The van der Waals surface area contributed by atoms with Gasteiger partial charge in [-0.3, -0.25) is 0 Å². The second-order valence-electron chi connectivity index (χ2n) is 3.52. The third-order valence-electron chi connectivity index (χ3n) is 2.07. The van der Waals surface area contributed by atoms with Crippen LogP contribution in [0.5, 0.6) is 5.75 Å². The molecule has 0 bridgehead atoms. The minimum atomic E-state index is -0.269. The number of methoxy groups -OCH3 is 1. The van der Waals surface area contributed by atoms with Gasteiger partial charge in [0.1, 0.15) is 11.6 Å². The third-order valence-corrected chi connectivity index (χ3v) is 2.07. The number of nitrogens with one attached hydrogen (secondary N) is 1. The SMILES string of the molecule is CNCc1cc(F)cc(OCCCOC)c1. The molecule has 0 fully saturated rings. The molecule has 1 aromatic carbocycles. The molecule has 1 N–H and O–H groups in total. The lowest BCUT2D eigenvalue weighted by Gasteiger charge is -2.08. The zero-order chi connectivity index (χ0) is 11.8. The second-order valence-corrected chi connectivity index (χ2v) is 3.52. The number of ether oxygens (including phenoxy) is 2. The summed E-state index contributed by atoms with van der Waals surface area (Å²) >= 11 is 0. The maximum absolute atomic E-state index is 13.2. The van der Waals surface area contributed by atoms with Crippen molar-refractivity contribution in [3.8, 4) is 5.75 Å². The van der Waals surface area contributed by atoms with Crippen LogP contribution in [0, 0.1) is 5.82 Å². The molecule has 0 aliphatic rings. The molecule has 0 spiro atoms. The molecule has 3 nitrogen and oxygen atoms in total. The van der Waals surface area contributed by atoms with Crippen molar-refractivity contribution in [1.82, 2.24) is 5.32 Å². The van der Waals surface area contributed by atoms with E-state index in [0.29, 0.717) is 25.5 Å². The van der Waals surface area contributed by atoms with E-state index in [1.165, 1.54) is 12.1 Å². The molecule has 0 aliphatic carbocycles. The maximum atomic E-state index is 13.2. The lowest BCUT2D eigenvalue weighted by Crippen LogP contribution is -2.06. The molecule has 90 valence electrons. The predicted octanol–water partition coefficient (Wildman–Crippen LogP) is 1.96. The van der Waals surface area contributed by atoms with E-state index in [1.54, 1.807) is 7.11 Å². The summed E-state index contributed by atoms with van der Waals surface area (Å²) in [5.74, 6) is 0.302. The van der Waals surface area contributed by atoms with E-state index in [0.717, 1.165) is 12.0 Å². The van der Waals surface area contributed by atoms with Gasteiger partial charge >= 0.3 is 0 Å². The molecule has 1 rings (SSSR count). The molecular weight excluding hydrogens is 209 g/mol. The Bertz CT molecular complexity index is 318. The van der Waals surface area contributed by atoms with E-state index in [2.05, 4.69) is 5.32 Å². The first-order valence-corrected chi connectivity index (χ1v) is 5.32. The van der Waals surface area contributed by atoms with Gasteiger partial charge < -0.3 is 14.8 Å². The average Bonchev–Trinajstić information content (AvgIpc) is 2.24. The van der Waals surface area contributed by atoms with Crippen molar-refractivity contribution < 1.29 is 13.9 Å². The van der Waals surface area contributed by atoms with Gasteiger partial charge in [-0.15, -0.1) is 0 Å². The van der Waals surface area contributed by atoms with E-state index in [-0.39, 0.29) is 5.82 Å². The first kappa shape index (κ1) is 12.9. The fraction of sp³-hybridized carbons (Fsp3) is 0.500. The minimum absolute atomic E-state index is 0.269. The van der Waals surface area contributed by atoms with Crippen molar-refractivity contribution in [3.63, 3.8) is 0 Å². The molecule has 0 heterocycles. The van der Waals surface area contributed by atoms with Gasteiger partial charge in [0.15, 0.2) is 0 Å². The van der Waals surface area contributed by atoms with Gasteiger partial charge in [0.2, 0.25) is 0 Å². The first-order chi connectivity index (χ1) is 7.76. The monoisotopic (exact) mass is 227 g/mol. The average molecular weight is 227 g/mol. The molecule has 0 aliphatic heterocycles. The van der Waals surface area contributed by atoms with Crippen molar-refractivity contribution in [2.75, 3.05) is 27.4 Å². The highest BCUT2D eigenvalue weighted by Gasteiger charge is 2.01. The van der Waals surface area contributed by atoms with E-state index < -0.39 is 0 Å². The Morgan fingerprint density at radius 2 is 2.06 bits per heavy atom. The van der Waals surface area contributed by atoms with Crippen LogP contribution in [0.25, 0.3) is 0 Å². The van der Waals surface area contributed by atoms with Crippen LogP contribution in [0.3, 0.4) is 0 Å². The Labute approximate surface area is 95.6 Å². The number of rotatable bonds is 7. The predicted molar refractivity (Wildman–Crippen MR) is 61.2 cm³/mol. The van der Waals surface area contributed by atoms with Crippen LogP contribution < -0.4 is 10.1 Å². The molecule has 0 saturated heterocycles. The Kier molecular flexibility index (Phi) is 5.82. The number of halogens is 1. The van der Waals surface area contributed by atoms with Crippen molar-refractivity contribution in [1.29, 1.82) is 0 Å². The molecule has 0 unspecified atom stereocenters. The van der Waals surface area contributed by atoms with Crippen molar-refractivity contribution in [2.24, 2.45) is 0 Å². The van der Waals surface area contributed by atoms with Crippen LogP contribution in [0.15, 0.2) is 18.2 Å². The normalized spacial score (nSPS) is 10.4. The summed E-state index contributed by atoms with van der Waals surface area (Å²) in [5, 5.41) is 2.97. The van der Waals surface area contributed by atoms with E-state index in [9.17, 15) is 4.39 Å². The van der Waals surface area contributed by atoms with Gasteiger partial charge in [-0.1, -0.05) is 0 Å². The lowest BCUT2D eigenvalue weighted by atomic mass is 10.2. The van der Waals surface area contributed by atoms with Crippen LogP contribution in [0.4, 0.5) is 4.39 Å². The standard InChI is InChI=1S/C12H18FNO2/c1-14-9-10-6-11(13)8-12(7-10)16-5-3-4-15-2/h6-8,14H,3-5,9H2,1-2H3. The van der Waals surface area contributed by atoms with E-state index >= 15 is 0 Å². The van der Waals surface area contributed by atoms with Gasteiger partial charge in [0.05, 0.1) is 6.61 Å². The largest absolute Gasteiger partial charge is 0.493 e. The van der Waals surface area contributed by atoms with Crippen LogP contribution in [0.1, 0.15) is 12.0 Å². The number of benzene rings is 1. The van der Waals surface area contributed by atoms with Gasteiger partial charge in [-0.05, 0) is 24.7 Å². The third kappa shape index (κ3) is 4.59. The van der Waals surface area contributed by atoms with Crippen LogP contribution in [-0.2, 0) is 11.3 Å². The second kappa shape index (κ2) is 7.19. The van der Waals surface area contributed by atoms with Gasteiger partial charge in [-0.2, -0.15) is 0 Å². The molecule has 16 heavy (non-hydrogen) atoms. The maximum Gasteiger partial charge on any atom is 0.127 e. The summed E-state index contributed by atoms with van der Waals surface area (Å²) in [7, 11) is 3.47. The van der Waals surface area contributed by atoms with Crippen molar-refractivity contribution in [2.45, 2.75) is 13.0 Å². The minimum Gasteiger partial charge on any atom is -0.493 e. The topological polar surface area (TPSA) is 30.5 Å². The van der Waals surface area contributed by atoms with Crippen molar-refractivity contribution >= 4 is 0 Å². The summed E-state index contributed by atoms with van der Waals surface area (Å²) in [5.41, 5.74) is 0.879. The highest BCUT2D eigenvalue weighted by atomic mass is 19.1. The zero-order valence-electron chi connectivity index (χ0n) is 9.75. The molecular formula is C12H18FNO2. The number of hydrogen-bond donors (Lipinski definition) is 1. The van der Waals surface area contributed by atoms with Crippen LogP contribution in [-0.4, -0.2) is 27.4 Å². The Morgan fingerprint density at radius 1 is 1.25 bits per heavy atom. The zero-order valence-corrected chi connectivity index (χ0v) is 9.75. The smallest absolute Gasteiger partial charge is 0.127 e. The quantitative estimate of drug-likeness (QED) is 0.722. The molecule has 4 heteroatoms. The van der Waals surface area contributed by atoms with Crippen LogP contribution in [0.2, 0.25) is 0 Å². The van der Waals surface area contributed by atoms with Gasteiger partial charge in [0.25, 0.3) is 0 Å². The van der Waals surface area contributed by atoms with Crippen LogP contribution >= 0.6 is 0 Å². The summed E-state index contributed by atoms with van der Waals surface area (Å²) < 4.78 is 23.5. The lowest BCUT2D eigenvalue weighted by molar-refractivity contribution is 0.172. The first-order valence-electron chi connectivity index (χ1n) is 5.32. The number of hydrogen-bond acceptors (Lipinski definition) is 3. The molecule has 0 atom stereocenters. The Balaban J connectivity index is 2.51. The molecule has 0 saturated carbocycles. The molecule has 1 aromatic rings. The molecule has 0 aromatic heterocycles. The molecule has 0 amide bonds. The molecule has 0 radical (unpaired) electrons.